The Hall–Kier alpha value is -1.11. The molecule has 1 heterocycles. The summed E-state index contributed by atoms with van der Waals surface area (Å²) in [6.45, 7) is 0. The maximum atomic E-state index is 3.86. The minimum absolute atomic E-state index is 1.69. The number of allylic oxidation sites excluding steroid dienone is 5. The summed E-state index contributed by atoms with van der Waals surface area (Å²) in [4.78, 5) is 3.86. The van der Waals surface area contributed by atoms with Crippen molar-refractivity contribution < 1.29 is 0 Å². The van der Waals surface area contributed by atoms with Crippen molar-refractivity contribution in [3.63, 3.8) is 0 Å². The van der Waals surface area contributed by atoms with Gasteiger partial charge in [-0.25, -0.2) is 0 Å². The molecule has 1 rings (SSSR count). The summed E-state index contributed by atoms with van der Waals surface area (Å²) < 4.78 is 0. The fraction of sp³-hybridized carbons (Fsp3) is 0. The lowest BCUT2D eigenvalue weighted by molar-refractivity contribution is 1.58. The summed E-state index contributed by atoms with van der Waals surface area (Å²) in [6.07, 6.45) is 13.6. The zero-order chi connectivity index (χ0) is 5.66. The third-order valence-electron chi connectivity index (χ3n) is 0.733. The van der Waals surface area contributed by atoms with Crippen molar-refractivity contribution >= 4 is 6.21 Å². The summed E-state index contributed by atoms with van der Waals surface area (Å²) in [5.74, 6) is 0. The molecular formula is C7H6N. The van der Waals surface area contributed by atoms with Crippen molar-refractivity contribution in [2.24, 2.45) is 4.99 Å². The summed E-state index contributed by atoms with van der Waals surface area (Å²) in [5, 5.41) is 0. The zero-order valence-corrected chi connectivity index (χ0v) is 4.41. The topological polar surface area (TPSA) is 12.4 Å². The number of hydrogen-bond donors (Lipinski definition) is 0. The van der Waals surface area contributed by atoms with Gasteiger partial charge in [-0.2, -0.15) is 0 Å². The van der Waals surface area contributed by atoms with Gasteiger partial charge in [-0.05, 0) is 18.2 Å². The average molecular weight is 104 g/mol. The second kappa shape index (κ2) is 2.97. The van der Waals surface area contributed by atoms with E-state index in [-0.39, 0.29) is 0 Å². The summed E-state index contributed by atoms with van der Waals surface area (Å²) in [5.41, 5.74) is 0. The van der Waals surface area contributed by atoms with Crippen molar-refractivity contribution in [3.05, 3.63) is 36.6 Å². The van der Waals surface area contributed by atoms with Gasteiger partial charge in [0.25, 0.3) is 0 Å². The highest BCUT2D eigenvalue weighted by Crippen LogP contribution is 1.82. The van der Waals surface area contributed by atoms with Crippen LogP contribution < -0.4 is 0 Å². The molecule has 0 saturated heterocycles. The predicted molar refractivity (Wildman–Crippen MR) is 34.6 cm³/mol. The van der Waals surface area contributed by atoms with Crippen LogP contribution in [0.4, 0.5) is 0 Å². The quantitative estimate of drug-likeness (QED) is 0.441. The first-order chi connectivity index (χ1) is 4.00. The lowest BCUT2D eigenvalue weighted by Gasteiger charge is -1.76. The molecule has 8 heavy (non-hydrogen) atoms. The van der Waals surface area contributed by atoms with Crippen LogP contribution in [0.2, 0.25) is 0 Å². The Morgan fingerprint density at radius 3 is 3.25 bits per heavy atom. The summed E-state index contributed by atoms with van der Waals surface area (Å²) >= 11 is 0. The molecule has 1 nitrogen and oxygen atoms in total. The minimum atomic E-state index is 1.69. The van der Waals surface area contributed by atoms with Crippen molar-refractivity contribution in [1.29, 1.82) is 0 Å². The van der Waals surface area contributed by atoms with E-state index in [1.807, 2.05) is 18.2 Å². The SMILES string of the molecule is [C]1=CC=NC=CC=C1. The molecule has 0 aromatic rings. The van der Waals surface area contributed by atoms with Crippen LogP contribution in [0.5, 0.6) is 0 Å². The first-order valence-electron chi connectivity index (χ1n) is 2.43. The summed E-state index contributed by atoms with van der Waals surface area (Å²) in [7, 11) is 0. The lowest BCUT2D eigenvalue weighted by Crippen LogP contribution is -1.63. The highest BCUT2D eigenvalue weighted by molar-refractivity contribution is 5.71. The Labute approximate surface area is 48.7 Å². The number of nitrogens with zero attached hydrogens (tertiary/aromatic N) is 1. The lowest BCUT2D eigenvalue weighted by atomic mass is 10.4. The molecule has 1 aliphatic rings. The van der Waals surface area contributed by atoms with E-state index >= 15 is 0 Å². The second-order valence-corrected chi connectivity index (χ2v) is 1.33. The van der Waals surface area contributed by atoms with Gasteiger partial charge in [0.2, 0.25) is 0 Å². The van der Waals surface area contributed by atoms with Gasteiger partial charge in [0.15, 0.2) is 0 Å². The van der Waals surface area contributed by atoms with Gasteiger partial charge in [-0.3, -0.25) is 4.99 Å². The van der Waals surface area contributed by atoms with Crippen LogP contribution in [-0.4, -0.2) is 6.21 Å². The summed E-state index contributed by atoms with van der Waals surface area (Å²) in [6, 6.07) is 0. The van der Waals surface area contributed by atoms with Crippen molar-refractivity contribution in [3.8, 4) is 0 Å². The largest absolute Gasteiger partial charge is 0.265 e. The van der Waals surface area contributed by atoms with Crippen molar-refractivity contribution in [2.45, 2.75) is 0 Å². The monoisotopic (exact) mass is 104 g/mol. The van der Waals surface area contributed by atoms with E-state index in [0.717, 1.165) is 0 Å². The van der Waals surface area contributed by atoms with E-state index in [2.05, 4.69) is 11.1 Å². The third kappa shape index (κ3) is 1.56. The van der Waals surface area contributed by atoms with Crippen molar-refractivity contribution in [2.75, 3.05) is 0 Å². The standard InChI is InChI=1S/C7H6N/c1-2-4-6-8-7-5-3-1/h1-2,4-7H. The van der Waals surface area contributed by atoms with Gasteiger partial charge in [0.05, 0.1) is 0 Å². The maximum Gasteiger partial charge on any atom is 0.0273 e. The Bertz CT molecular complexity index is 105. The van der Waals surface area contributed by atoms with Crippen LogP contribution >= 0.6 is 0 Å². The molecule has 0 aromatic carbocycles. The highest BCUT2D eigenvalue weighted by atomic mass is 14.6. The Balaban J connectivity index is 2.67. The Kier molecular flexibility index (Phi) is 1.87. The van der Waals surface area contributed by atoms with Crippen LogP contribution in [-0.2, 0) is 0 Å². The highest BCUT2D eigenvalue weighted by Gasteiger charge is 1.66. The van der Waals surface area contributed by atoms with E-state index in [9.17, 15) is 0 Å². The third-order valence-corrected chi connectivity index (χ3v) is 0.733. The van der Waals surface area contributed by atoms with Gasteiger partial charge >= 0.3 is 0 Å². The molecule has 39 valence electrons. The van der Waals surface area contributed by atoms with Gasteiger partial charge in [0, 0.05) is 12.4 Å². The fourth-order valence-electron chi connectivity index (χ4n) is 0.402. The van der Waals surface area contributed by atoms with E-state index in [1.54, 1.807) is 18.5 Å². The van der Waals surface area contributed by atoms with Crippen LogP contribution in [0, 0.1) is 6.08 Å². The molecule has 1 aliphatic heterocycles. The zero-order valence-electron chi connectivity index (χ0n) is 4.41. The number of rotatable bonds is 0. The average Bonchev–Trinajstić information content (AvgIpc) is 1.62. The van der Waals surface area contributed by atoms with Gasteiger partial charge in [-0.1, -0.05) is 12.2 Å². The van der Waals surface area contributed by atoms with Gasteiger partial charge in [0.1, 0.15) is 0 Å². The molecule has 0 aromatic heterocycles. The molecule has 0 amide bonds. The van der Waals surface area contributed by atoms with Crippen molar-refractivity contribution in [1.82, 2.24) is 0 Å². The molecule has 0 unspecified atom stereocenters. The van der Waals surface area contributed by atoms with E-state index in [0.29, 0.717) is 0 Å². The van der Waals surface area contributed by atoms with Crippen LogP contribution in [0.25, 0.3) is 0 Å². The minimum Gasteiger partial charge on any atom is -0.265 e. The molecule has 0 atom stereocenters. The van der Waals surface area contributed by atoms with Gasteiger partial charge in [-0.15, -0.1) is 0 Å². The molecule has 0 aliphatic carbocycles. The number of hydrogen-bond acceptors (Lipinski definition) is 1. The van der Waals surface area contributed by atoms with Crippen LogP contribution in [0.15, 0.2) is 35.5 Å². The van der Waals surface area contributed by atoms with E-state index in [1.165, 1.54) is 0 Å². The second-order valence-electron chi connectivity index (χ2n) is 1.33. The molecule has 0 bridgehead atoms. The van der Waals surface area contributed by atoms with Crippen LogP contribution in [0.1, 0.15) is 0 Å². The molecular weight excluding hydrogens is 98.1 g/mol. The van der Waals surface area contributed by atoms with E-state index < -0.39 is 0 Å². The first-order valence-corrected chi connectivity index (χ1v) is 2.43. The molecule has 1 heteroatoms. The van der Waals surface area contributed by atoms with E-state index in [4.69, 9.17) is 0 Å². The molecule has 0 fully saturated rings. The number of aliphatic imine (C=N–C) groups is 1. The maximum absolute atomic E-state index is 3.86. The smallest absolute Gasteiger partial charge is 0.0273 e. The Morgan fingerprint density at radius 2 is 2.25 bits per heavy atom. The molecule has 0 spiro atoms. The van der Waals surface area contributed by atoms with Crippen LogP contribution in [0.3, 0.4) is 0 Å². The fourth-order valence-corrected chi connectivity index (χ4v) is 0.402. The Morgan fingerprint density at radius 1 is 1.25 bits per heavy atom. The molecule has 0 saturated carbocycles. The molecule has 0 N–H and O–H groups in total. The normalized spacial score (nSPS) is 16.0. The predicted octanol–water partition coefficient (Wildman–Crippen LogP) is 1.50. The first kappa shape index (κ1) is 5.04. The molecule has 1 radical (unpaired) electrons. The van der Waals surface area contributed by atoms with Gasteiger partial charge < -0.3 is 0 Å².